The number of hydrogen-bond donors (Lipinski definition) is 2. The van der Waals surface area contributed by atoms with Crippen molar-refractivity contribution < 1.29 is 5.11 Å². The first-order valence-electron chi connectivity index (χ1n) is 7.19. The Morgan fingerprint density at radius 2 is 2.25 bits per heavy atom. The van der Waals surface area contributed by atoms with E-state index in [1.165, 1.54) is 16.7 Å². The molecule has 106 valence electrons. The van der Waals surface area contributed by atoms with Gasteiger partial charge in [-0.25, -0.2) is 0 Å². The predicted octanol–water partition coefficient (Wildman–Crippen LogP) is 2.12. The molecule has 4 heteroatoms. The van der Waals surface area contributed by atoms with Crippen LogP contribution in [0.25, 0.3) is 0 Å². The molecular formula is C16H21N3O. The lowest BCUT2D eigenvalue weighted by atomic mass is 10.0. The minimum atomic E-state index is -0.349. The highest BCUT2D eigenvalue weighted by Gasteiger charge is 2.32. The molecular weight excluding hydrogens is 250 g/mol. The summed E-state index contributed by atoms with van der Waals surface area (Å²) < 4.78 is 1.82. The molecule has 2 N–H and O–H groups in total. The van der Waals surface area contributed by atoms with Crippen molar-refractivity contribution in [2.45, 2.75) is 38.0 Å². The molecule has 0 aliphatic heterocycles. The van der Waals surface area contributed by atoms with Crippen molar-refractivity contribution in [3.63, 3.8) is 0 Å². The summed E-state index contributed by atoms with van der Waals surface area (Å²) >= 11 is 0. The normalized spacial score (nSPS) is 22.8. The van der Waals surface area contributed by atoms with E-state index in [9.17, 15) is 5.11 Å². The predicted molar refractivity (Wildman–Crippen MR) is 78.3 cm³/mol. The first-order valence-corrected chi connectivity index (χ1v) is 7.19. The van der Waals surface area contributed by atoms with Gasteiger partial charge in [0.25, 0.3) is 0 Å². The molecule has 1 aliphatic rings. The number of hydrogen-bond acceptors (Lipinski definition) is 3. The largest absolute Gasteiger partial charge is 0.391 e. The Kier molecular flexibility index (Phi) is 3.59. The van der Waals surface area contributed by atoms with Gasteiger partial charge in [0.1, 0.15) is 0 Å². The van der Waals surface area contributed by atoms with Crippen LogP contribution in [0.3, 0.4) is 0 Å². The third-order valence-corrected chi connectivity index (χ3v) is 4.12. The maximum Gasteiger partial charge on any atom is 0.0775 e. The summed E-state index contributed by atoms with van der Waals surface area (Å²) in [7, 11) is 1.93. The molecule has 1 aromatic carbocycles. The van der Waals surface area contributed by atoms with Crippen LogP contribution in [0.5, 0.6) is 0 Å². The second-order valence-corrected chi connectivity index (χ2v) is 5.52. The molecule has 1 heterocycles. The van der Waals surface area contributed by atoms with Crippen molar-refractivity contribution in [3.8, 4) is 0 Å². The van der Waals surface area contributed by atoms with Gasteiger partial charge < -0.3 is 10.4 Å². The van der Waals surface area contributed by atoms with Crippen molar-refractivity contribution in [2.75, 3.05) is 0 Å². The van der Waals surface area contributed by atoms with E-state index in [-0.39, 0.29) is 18.2 Å². The number of nitrogens with one attached hydrogen (secondary N) is 1. The number of nitrogens with zero attached hydrogens (tertiary/aromatic N) is 2. The van der Waals surface area contributed by atoms with Gasteiger partial charge >= 0.3 is 0 Å². The molecule has 3 atom stereocenters. The lowest BCUT2D eigenvalue weighted by Gasteiger charge is -2.24. The van der Waals surface area contributed by atoms with Gasteiger partial charge in [0.05, 0.1) is 18.3 Å². The standard InChI is InChI=1S/C16H21N3O/c1-3-14(12-9-17-19(2)10-12)18-16-13-7-5-4-6-11(13)8-15(16)20/h4-7,9-10,14-16,18,20H,3,8H2,1-2H3. The highest BCUT2D eigenvalue weighted by Crippen LogP contribution is 2.33. The van der Waals surface area contributed by atoms with Crippen LogP contribution in [0.4, 0.5) is 0 Å². The van der Waals surface area contributed by atoms with Crippen LogP contribution in [0.15, 0.2) is 36.7 Å². The van der Waals surface area contributed by atoms with Gasteiger partial charge in [0.15, 0.2) is 0 Å². The maximum absolute atomic E-state index is 10.3. The summed E-state index contributed by atoms with van der Waals surface area (Å²) in [6, 6.07) is 8.51. The molecule has 0 saturated heterocycles. The summed E-state index contributed by atoms with van der Waals surface area (Å²) in [5, 5.41) is 18.2. The van der Waals surface area contributed by atoms with Gasteiger partial charge in [-0.15, -0.1) is 0 Å². The molecule has 3 rings (SSSR count). The van der Waals surface area contributed by atoms with E-state index in [1.807, 2.05) is 36.3 Å². The van der Waals surface area contributed by atoms with Crippen LogP contribution >= 0.6 is 0 Å². The smallest absolute Gasteiger partial charge is 0.0775 e. The lowest BCUT2D eigenvalue weighted by molar-refractivity contribution is 0.134. The molecule has 0 spiro atoms. The zero-order valence-electron chi connectivity index (χ0n) is 12.0. The molecule has 20 heavy (non-hydrogen) atoms. The Labute approximate surface area is 119 Å². The van der Waals surface area contributed by atoms with Gasteiger partial charge in [-0.05, 0) is 17.5 Å². The highest BCUT2D eigenvalue weighted by molar-refractivity contribution is 5.36. The highest BCUT2D eigenvalue weighted by atomic mass is 16.3. The fourth-order valence-electron chi connectivity index (χ4n) is 3.06. The summed E-state index contributed by atoms with van der Waals surface area (Å²) in [5.41, 5.74) is 3.65. The van der Waals surface area contributed by atoms with Crippen molar-refractivity contribution in [2.24, 2.45) is 7.05 Å². The number of benzene rings is 1. The second kappa shape index (κ2) is 5.38. The average molecular weight is 271 g/mol. The van der Waals surface area contributed by atoms with Crippen LogP contribution in [-0.4, -0.2) is 21.0 Å². The van der Waals surface area contributed by atoms with E-state index in [0.717, 1.165) is 12.8 Å². The van der Waals surface area contributed by atoms with E-state index in [2.05, 4.69) is 29.5 Å². The summed E-state index contributed by atoms with van der Waals surface area (Å²) in [4.78, 5) is 0. The van der Waals surface area contributed by atoms with Gasteiger partial charge in [-0.2, -0.15) is 5.10 Å². The number of aliphatic hydroxyl groups excluding tert-OH is 1. The SMILES string of the molecule is CCC(NC1c2ccccc2CC1O)c1cnn(C)c1. The van der Waals surface area contributed by atoms with Gasteiger partial charge in [-0.1, -0.05) is 31.2 Å². The van der Waals surface area contributed by atoms with Crippen molar-refractivity contribution in [1.82, 2.24) is 15.1 Å². The number of aryl methyl sites for hydroxylation is 1. The van der Waals surface area contributed by atoms with Gasteiger partial charge in [0.2, 0.25) is 0 Å². The van der Waals surface area contributed by atoms with Gasteiger partial charge in [0, 0.05) is 31.3 Å². The average Bonchev–Trinajstić information content (AvgIpc) is 3.00. The number of rotatable bonds is 4. The molecule has 2 aromatic rings. The Balaban J connectivity index is 1.83. The monoisotopic (exact) mass is 271 g/mol. The molecule has 3 unspecified atom stereocenters. The Bertz CT molecular complexity index is 593. The summed E-state index contributed by atoms with van der Waals surface area (Å²) in [6.45, 7) is 2.15. The van der Waals surface area contributed by atoms with Crippen LogP contribution in [0.2, 0.25) is 0 Å². The third-order valence-electron chi connectivity index (χ3n) is 4.12. The van der Waals surface area contributed by atoms with Crippen LogP contribution in [0, 0.1) is 0 Å². The van der Waals surface area contributed by atoms with Gasteiger partial charge in [-0.3, -0.25) is 4.68 Å². The number of aromatic nitrogens is 2. The molecule has 0 fully saturated rings. The number of aliphatic hydroxyl groups is 1. The Morgan fingerprint density at radius 1 is 1.45 bits per heavy atom. The molecule has 1 aromatic heterocycles. The third kappa shape index (κ3) is 2.37. The van der Waals surface area contributed by atoms with Crippen molar-refractivity contribution >= 4 is 0 Å². The van der Waals surface area contributed by atoms with E-state index >= 15 is 0 Å². The lowest BCUT2D eigenvalue weighted by Crippen LogP contribution is -2.31. The molecule has 0 bridgehead atoms. The van der Waals surface area contributed by atoms with Crippen LogP contribution < -0.4 is 5.32 Å². The van der Waals surface area contributed by atoms with Crippen molar-refractivity contribution in [3.05, 3.63) is 53.3 Å². The molecule has 0 saturated carbocycles. The van der Waals surface area contributed by atoms with E-state index < -0.39 is 0 Å². The quantitative estimate of drug-likeness (QED) is 0.895. The molecule has 1 aliphatic carbocycles. The fourth-order valence-corrected chi connectivity index (χ4v) is 3.06. The molecule has 0 amide bonds. The summed E-state index contributed by atoms with van der Waals surface area (Å²) in [6.07, 6.45) is 5.29. The topological polar surface area (TPSA) is 50.1 Å². The first kappa shape index (κ1) is 13.3. The Morgan fingerprint density at radius 3 is 2.95 bits per heavy atom. The first-order chi connectivity index (χ1) is 9.69. The zero-order valence-corrected chi connectivity index (χ0v) is 12.0. The molecule has 0 radical (unpaired) electrons. The molecule has 4 nitrogen and oxygen atoms in total. The van der Waals surface area contributed by atoms with Crippen LogP contribution in [-0.2, 0) is 13.5 Å². The minimum absolute atomic E-state index is 0.0105. The number of fused-ring (bicyclic) bond motifs is 1. The van der Waals surface area contributed by atoms with E-state index in [0.29, 0.717) is 0 Å². The zero-order chi connectivity index (χ0) is 14.1. The minimum Gasteiger partial charge on any atom is -0.391 e. The maximum atomic E-state index is 10.3. The fraction of sp³-hybridized carbons (Fsp3) is 0.438. The Hall–Kier alpha value is -1.65. The van der Waals surface area contributed by atoms with E-state index in [4.69, 9.17) is 0 Å². The van der Waals surface area contributed by atoms with E-state index in [1.54, 1.807) is 0 Å². The van der Waals surface area contributed by atoms with Crippen LogP contribution in [0.1, 0.15) is 42.1 Å². The second-order valence-electron chi connectivity index (χ2n) is 5.52. The summed E-state index contributed by atoms with van der Waals surface area (Å²) in [5.74, 6) is 0. The van der Waals surface area contributed by atoms with Crippen molar-refractivity contribution in [1.29, 1.82) is 0 Å².